The summed E-state index contributed by atoms with van der Waals surface area (Å²) in [5.74, 6) is -1.65. The van der Waals surface area contributed by atoms with E-state index in [1.54, 1.807) is 13.0 Å². The molecule has 2 aromatic rings. The van der Waals surface area contributed by atoms with E-state index in [4.69, 9.17) is 9.47 Å². The number of rotatable bonds is 7. The Morgan fingerprint density at radius 3 is 2.36 bits per heavy atom. The van der Waals surface area contributed by atoms with Crippen LogP contribution in [0.25, 0.3) is 0 Å². The highest BCUT2D eigenvalue weighted by Crippen LogP contribution is 2.27. The number of nitrogens with one attached hydrogen (secondary N) is 1. The summed E-state index contributed by atoms with van der Waals surface area (Å²) in [4.78, 5) is 0.0333. The Morgan fingerprint density at radius 2 is 1.72 bits per heavy atom. The molecule has 136 valence electrons. The lowest BCUT2D eigenvalue weighted by atomic mass is 10.1. The van der Waals surface area contributed by atoms with Gasteiger partial charge in [-0.1, -0.05) is 0 Å². The number of halogens is 2. The van der Waals surface area contributed by atoms with Gasteiger partial charge in [0.2, 0.25) is 10.0 Å². The first-order chi connectivity index (χ1) is 11.7. The molecule has 5 nitrogen and oxygen atoms in total. The molecule has 1 N–H and O–H groups in total. The fourth-order valence-electron chi connectivity index (χ4n) is 2.12. The van der Waals surface area contributed by atoms with Crippen molar-refractivity contribution in [1.29, 1.82) is 0 Å². The van der Waals surface area contributed by atoms with Crippen molar-refractivity contribution in [2.45, 2.75) is 18.7 Å². The Morgan fingerprint density at radius 1 is 1.04 bits per heavy atom. The van der Waals surface area contributed by atoms with Crippen molar-refractivity contribution < 1.29 is 26.7 Å². The average Bonchev–Trinajstić information content (AvgIpc) is 2.56. The number of hydrogen-bond donors (Lipinski definition) is 1. The Labute approximate surface area is 145 Å². The lowest BCUT2D eigenvalue weighted by Crippen LogP contribution is -2.28. The Bertz CT molecular complexity index is 869. The maximum atomic E-state index is 13.1. The molecule has 0 aliphatic carbocycles. The second kappa shape index (κ2) is 7.79. The molecule has 0 bridgehead atoms. The maximum absolute atomic E-state index is 13.1. The molecule has 0 saturated carbocycles. The van der Waals surface area contributed by atoms with Gasteiger partial charge in [-0.25, -0.2) is 21.9 Å². The summed E-state index contributed by atoms with van der Waals surface area (Å²) in [7, 11) is -2.40. The molecule has 0 aromatic heterocycles. The van der Waals surface area contributed by atoms with Crippen molar-refractivity contribution in [2.24, 2.45) is 0 Å². The van der Waals surface area contributed by atoms with E-state index in [1.807, 2.05) is 6.92 Å². The fourth-order valence-corrected chi connectivity index (χ4v) is 3.37. The number of hydrogen-bond acceptors (Lipinski definition) is 4. The van der Waals surface area contributed by atoms with E-state index in [2.05, 4.69) is 4.72 Å². The molecule has 0 unspecified atom stereocenters. The molecular weight excluding hydrogens is 352 g/mol. The molecule has 8 heteroatoms. The maximum Gasteiger partial charge on any atom is 0.244 e. The van der Waals surface area contributed by atoms with Crippen LogP contribution in [0.4, 0.5) is 8.78 Å². The van der Waals surface area contributed by atoms with Crippen LogP contribution in [0.3, 0.4) is 0 Å². The lowest BCUT2D eigenvalue weighted by Gasteiger charge is -2.13. The lowest BCUT2D eigenvalue weighted by molar-refractivity contribution is 0.319. The molecule has 2 rings (SSSR count). The monoisotopic (exact) mass is 371 g/mol. The molecule has 0 saturated heterocycles. The second-order valence-electron chi connectivity index (χ2n) is 5.41. The third kappa shape index (κ3) is 4.67. The van der Waals surface area contributed by atoms with E-state index < -0.39 is 21.7 Å². The normalized spacial score (nSPS) is 11.4. The van der Waals surface area contributed by atoms with Crippen molar-refractivity contribution in [3.8, 4) is 11.5 Å². The Kier molecular flexibility index (Phi) is 5.97. The van der Waals surface area contributed by atoms with Gasteiger partial charge in [-0.3, -0.25) is 0 Å². The van der Waals surface area contributed by atoms with Gasteiger partial charge in [0.15, 0.2) is 11.6 Å². The molecule has 0 amide bonds. The summed E-state index contributed by atoms with van der Waals surface area (Å²) in [5, 5.41) is 0. The van der Waals surface area contributed by atoms with Crippen LogP contribution in [-0.2, 0) is 10.0 Å². The predicted octanol–water partition coefficient (Wildman–Crippen LogP) is 2.95. The summed E-state index contributed by atoms with van der Waals surface area (Å²) in [6.45, 7) is 3.58. The molecule has 0 fully saturated rings. The quantitative estimate of drug-likeness (QED) is 0.760. The Hall–Kier alpha value is -2.19. The van der Waals surface area contributed by atoms with Crippen LogP contribution in [-0.4, -0.2) is 28.7 Å². The van der Waals surface area contributed by atoms with Crippen LogP contribution in [0, 0.1) is 25.5 Å². The molecule has 0 atom stereocenters. The minimum Gasteiger partial charge on any atom is -0.495 e. The Balaban J connectivity index is 2.02. The predicted molar refractivity (Wildman–Crippen MR) is 89.5 cm³/mol. The number of aryl methyl sites for hydroxylation is 2. The zero-order valence-corrected chi connectivity index (χ0v) is 14.9. The minimum atomic E-state index is -3.80. The number of methoxy groups -OCH3 is 1. The molecule has 2 aromatic carbocycles. The van der Waals surface area contributed by atoms with E-state index in [0.29, 0.717) is 0 Å². The SMILES string of the molecule is COc1cc(C)c(C)cc1S(=O)(=O)NCCOc1ccc(F)c(F)c1. The largest absolute Gasteiger partial charge is 0.495 e. The molecular formula is C17H19F2NO4S. The van der Waals surface area contributed by atoms with E-state index in [9.17, 15) is 17.2 Å². The van der Waals surface area contributed by atoms with Crippen molar-refractivity contribution in [3.05, 3.63) is 53.1 Å². The molecule has 0 aliphatic rings. The van der Waals surface area contributed by atoms with Crippen molar-refractivity contribution in [2.75, 3.05) is 20.3 Å². The van der Waals surface area contributed by atoms with E-state index in [0.717, 1.165) is 23.3 Å². The summed E-state index contributed by atoms with van der Waals surface area (Å²) < 4.78 is 63.5. The van der Waals surface area contributed by atoms with Gasteiger partial charge in [-0.2, -0.15) is 0 Å². The first-order valence-electron chi connectivity index (χ1n) is 7.47. The van der Waals surface area contributed by atoms with Crippen molar-refractivity contribution in [1.82, 2.24) is 4.72 Å². The molecule has 0 spiro atoms. The summed E-state index contributed by atoms with van der Waals surface area (Å²) in [5.41, 5.74) is 1.73. The van der Waals surface area contributed by atoms with E-state index >= 15 is 0 Å². The minimum absolute atomic E-state index is 0.0333. The molecule has 25 heavy (non-hydrogen) atoms. The smallest absolute Gasteiger partial charge is 0.244 e. The number of sulfonamides is 1. The van der Waals surface area contributed by atoms with Gasteiger partial charge in [0.25, 0.3) is 0 Å². The average molecular weight is 371 g/mol. The fraction of sp³-hybridized carbons (Fsp3) is 0.294. The van der Waals surface area contributed by atoms with Crippen LogP contribution in [0.5, 0.6) is 11.5 Å². The van der Waals surface area contributed by atoms with Crippen molar-refractivity contribution >= 4 is 10.0 Å². The van der Waals surface area contributed by atoms with Gasteiger partial charge in [0, 0.05) is 12.6 Å². The summed E-state index contributed by atoms with van der Waals surface area (Å²) in [6, 6.07) is 6.29. The number of benzene rings is 2. The van der Waals surface area contributed by atoms with Crippen LogP contribution in [0.1, 0.15) is 11.1 Å². The third-order valence-electron chi connectivity index (χ3n) is 3.62. The van der Waals surface area contributed by atoms with Gasteiger partial charge in [-0.15, -0.1) is 0 Å². The van der Waals surface area contributed by atoms with E-state index in [1.165, 1.54) is 19.2 Å². The standard InChI is InChI=1S/C17H19F2NO4S/c1-11-8-16(23-3)17(9-12(11)2)25(21,22)20-6-7-24-13-4-5-14(18)15(19)10-13/h4-5,8-10,20H,6-7H2,1-3H3. The highest BCUT2D eigenvalue weighted by Gasteiger charge is 2.20. The van der Waals surface area contributed by atoms with E-state index in [-0.39, 0.29) is 29.5 Å². The zero-order valence-electron chi connectivity index (χ0n) is 14.1. The zero-order chi connectivity index (χ0) is 18.6. The van der Waals surface area contributed by atoms with Crippen LogP contribution < -0.4 is 14.2 Å². The van der Waals surface area contributed by atoms with Gasteiger partial charge in [0.1, 0.15) is 23.0 Å². The highest BCUT2D eigenvalue weighted by molar-refractivity contribution is 7.89. The summed E-state index contributed by atoms with van der Waals surface area (Å²) >= 11 is 0. The van der Waals surface area contributed by atoms with Crippen molar-refractivity contribution in [3.63, 3.8) is 0 Å². The van der Waals surface area contributed by atoms with Gasteiger partial charge in [-0.05, 0) is 49.2 Å². The first kappa shape index (κ1) is 19.1. The molecule has 0 aliphatic heterocycles. The molecule has 0 heterocycles. The molecule has 0 radical (unpaired) electrons. The number of ether oxygens (including phenoxy) is 2. The second-order valence-corrected chi connectivity index (χ2v) is 7.14. The van der Waals surface area contributed by atoms with Gasteiger partial charge >= 0.3 is 0 Å². The van der Waals surface area contributed by atoms with Crippen LogP contribution in [0.2, 0.25) is 0 Å². The van der Waals surface area contributed by atoms with Gasteiger partial charge in [0.05, 0.1) is 7.11 Å². The summed E-state index contributed by atoms with van der Waals surface area (Å²) in [6.07, 6.45) is 0. The van der Waals surface area contributed by atoms with Gasteiger partial charge < -0.3 is 9.47 Å². The third-order valence-corrected chi connectivity index (χ3v) is 5.11. The first-order valence-corrected chi connectivity index (χ1v) is 8.95. The highest BCUT2D eigenvalue weighted by atomic mass is 32.2. The van der Waals surface area contributed by atoms with Crippen LogP contribution in [0.15, 0.2) is 35.2 Å². The topological polar surface area (TPSA) is 64.6 Å². The van der Waals surface area contributed by atoms with Crippen LogP contribution >= 0.6 is 0 Å².